The van der Waals surface area contributed by atoms with Gasteiger partial charge in [0.05, 0.1) is 11.8 Å². The van der Waals surface area contributed by atoms with Crippen LogP contribution in [0.15, 0.2) is 30.3 Å². The fourth-order valence-corrected chi connectivity index (χ4v) is 1.89. The predicted molar refractivity (Wildman–Crippen MR) is 76.2 cm³/mol. The van der Waals surface area contributed by atoms with Gasteiger partial charge in [-0.05, 0) is 31.4 Å². The first-order chi connectivity index (χ1) is 8.44. The molecule has 0 saturated carbocycles. The van der Waals surface area contributed by atoms with Crippen LogP contribution in [0.4, 0.5) is 0 Å². The van der Waals surface area contributed by atoms with Crippen molar-refractivity contribution in [1.82, 2.24) is 5.32 Å². The van der Waals surface area contributed by atoms with Gasteiger partial charge in [0, 0.05) is 6.42 Å². The number of rotatable bonds is 7. The molecule has 0 heterocycles. The van der Waals surface area contributed by atoms with Gasteiger partial charge in [-0.3, -0.25) is 5.32 Å². The molecule has 3 nitrogen and oxygen atoms in total. The number of nitrogens with one attached hydrogen (secondary N) is 1. The topological polar surface area (TPSA) is 58.3 Å². The predicted octanol–water partition coefficient (Wildman–Crippen LogP) is 1.90. The van der Waals surface area contributed by atoms with E-state index in [9.17, 15) is 5.11 Å². The Morgan fingerprint density at radius 2 is 1.83 bits per heavy atom. The summed E-state index contributed by atoms with van der Waals surface area (Å²) in [4.78, 5) is 0. The summed E-state index contributed by atoms with van der Waals surface area (Å²) in [6.45, 7) is 6.93. The third-order valence-corrected chi connectivity index (χ3v) is 3.26. The lowest BCUT2D eigenvalue weighted by Gasteiger charge is -2.34. The van der Waals surface area contributed by atoms with Gasteiger partial charge in [-0.2, -0.15) is 0 Å². The third kappa shape index (κ3) is 4.77. The number of hydrogen-bond acceptors (Lipinski definition) is 3. The molecule has 0 spiro atoms. The molecule has 1 aromatic rings. The molecule has 0 radical (unpaired) electrons. The van der Waals surface area contributed by atoms with Crippen LogP contribution in [-0.4, -0.2) is 23.4 Å². The maximum Gasteiger partial charge on any atom is 0.0967 e. The highest BCUT2D eigenvalue weighted by Crippen LogP contribution is 2.13. The molecule has 4 N–H and O–H groups in total. The summed E-state index contributed by atoms with van der Waals surface area (Å²) >= 11 is 0. The summed E-state index contributed by atoms with van der Waals surface area (Å²) < 4.78 is 0. The minimum Gasteiger partial charge on any atom is -0.390 e. The molecule has 2 atom stereocenters. The zero-order valence-electron chi connectivity index (χ0n) is 11.7. The van der Waals surface area contributed by atoms with Gasteiger partial charge in [0.1, 0.15) is 0 Å². The first kappa shape index (κ1) is 15.2. The zero-order valence-corrected chi connectivity index (χ0v) is 11.7. The van der Waals surface area contributed by atoms with Gasteiger partial charge in [-0.15, -0.1) is 0 Å². The maximum atomic E-state index is 9.91. The van der Waals surface area contributed by atoms with Crippen molar-refractivity contribution < 1.29 is 5.11 Å². The van der Waals surface area contributed by atoms with E-state index in [0.717, 1.165) is 18.5 Å². The van der Waals surface area contributed by atoms with Crippen LogP contribution in [0, 0.1) is 5.92 Å². The molecule has 1 rings (SSSR count). The van der Waals surface area contributed by atoms with Crippen LogP contribution in [0.2, 0.25) is 0 Å². The monoisotopic (exact) mass is 250 g/mol. The largest absolute Gasteiger partial charge is 0.390 e. The number of aliphatic hydroxyl groups is 1. The summed E-state index contributed by atoms with van der Waals surface area (Å²) in [5.74, 6) is 0.632. The Hall–Kier alpha value is -0.900. The van der Waals surface area contributed by atoms with E-state index in [4.69, 9.17) is 5.73 Å². The lowest BCUT2D eigenvalue weighted by molar-refractivity contribution is 0.0762. The van der Waals surface area contributed by atoms with Gasteiger partial charge < -0.3 is 10.8 Å². The number of aliphatic hydroxyl groups excluding tert-OH is 1. The maximum absolute atomic E-state index is 9.91. The van der Waals surface area contributed by atoms with Crippen LogP contribution in [0.25, 0.3) is 0 Å². The van der Waals surface area contributed by atoms with Crippen LogP contribution in [0.5, 0.6) is 0 Å². The van der Waals surface area contributed by atoms with E-state index in [1.165, 1.54) is 0 Å². The molecule has 0 aliphatic rings. The Kier molecular flexibility index (Phi) is 5.79. The normalized spacial score (nSPS) is 16.6. The van der Waals surface area contributed by atoms with Gasteiger partial charge in [0.2, 0.25) is 0 Å². The van der Waals surface area contributed by atoms with Crippen molar-refractivity contribution in [3.63, 3.8) is 0 Å². The molecule has 2 unspecified atom stereocenters. The van der Waals surface area contributed by atoms with Gasteiger partial charge in [-0.25, -0.2) is 0 Å². The van der Waals surface area contributed by atoms with E-state index in [1.54, 1.807) is 6.92 Å². The molecule has 0 fully saturated rings. The number of benzene rings is 1. The van der Waals surface area contributed by atoms with Crippen LogP contribution in [0.1, 0.15) is 32.8 Å². The lowest BCUT2D eigenvalue weighted by atomic mass is 9.95. The molecule has 0 amide bonds. The molecular formula is C15H26N2O. The summed E-state index contributed by atoms with van der Waals surface area (Å²) in [5, 5.41) is 13.2. The fraction of sp³-hybridized carbons (Fsp3) is 0.600. The van der Waals surface area contributed by atoms with Crippen molar-refractivity contribution in [2.75, 3.05) is 6.54 Å². The van der Waals surface area contributed by atoms with Crippen LogP contribution in [0.3, 0.4) is 0 Å². The molecule has 3 heteroatoms. The first-order valence-corrected chi connectivity index (χ1v) is 6.70. The van der Waals surface area contributed by atoms with Crippen molar-refractivity contribution in [3.05, 3.63) is 35.9 Å². The van der Waals surface area contributed by atoms with Gasteiger partial charge in [-0.1, -0.05) is 44.2 Å². The smallest absolute Gasteiger partial charge is 0.0967 e. The second-order valence-electron chi connectivity index (χ2n) is 5.49. The van der Waals surface area contributed by atoms with Gasteiger partial charge >= 0.3 is 0 Å². The molecule has 0 bridgehead atoms. The number of nitrogens with two attached hydrogens (primary N) is 1. The van der Waals surface area contributed by atoms with Crippen LogP contribution < -0.4 is 11.1 Å². The molecule has 102 valence electrons. The SMILES string of the molecule is CC(C)CCNC(N)(Cc1ccccc1)C(C)O. The Morgan fingerprint density at radius 1 is 1.22 bits per heavy atom. The zero-order chi connectivity index (χ0) is 13.6. The van der Waals surface area contributed by atoms with Gasteiger partial charge in [0.25, 0.3) is 0 Å². The van der Waals surface area contributed by atoms with Gasteiger partial charge in [0.15, 0.2) is 0 Å². The fourth-order valence-electron chi connectivity index (χ4n) is 1.89. The highest BCUT2D eigenvalue weighted by molar-refractivity contribution is 5.18. The summed E-state index contributed by atoms with van der Waals surface area (Å²) in [6, 6.07) is 10.0. The third-order valence-electron chi connectivity index (χ3n) is 3.26. The minimum atomic E-state index is -0.754. The Labute approximate surface area is 110 Å². The quantitative estimate of drug-likeness (QED) is 0.648. The molecular weight excluding hydrogens is 224 g/mol. The molecule has 0 aliphatic carbocycles. The summed E-state index contributed by atoms with van der Waals surface area (Å²) in [6.07, 6.45) is 1.09. The second-order valence-corrected chi connectivity index (χ2v) is 5.49. The Bertz CT molecular complexity index is 338. The Balaban J connectivity index is 2.63. The van der Waals surface area contributed by atoms with E-state index in [1.807, 2.05) is 30.3 Å². The lowest BCUT2D eigenvalue weighted by Crippen LogP contribution is -2.62. The molecule has 18 heavy (non-hydrogen) atoms. The van der Waals surface area contributed by atoms with E-state index < -0.39 is 11.8 Å². The van der Waals surface area contributed by atoms with Crippen LogP contribution >= 0.6 is 0 Å². The first-order valence-electron chi connectivity index (χ1n) is 6.70. The Morgan fingerprint density at radius 3 is 2.33 bits per heavy atom. The number of hydrogen-bond donors (Lipinski definition) is 3. The average Bonchev–Trinajstić information content (AvgIpc) is 2.29. The van der Waals surface area contributed by atoms with E-state index in [2.05, 4.69) is 19.2 Å². The van der Waals surface area contributed by atoms with Crippen molar-refractivity contribution in [1.29, 1.82) is 0 Å². The van der Waals surface area contributed by atoms with Crippen LogP contribution in [-0.2, 0) is 6.42 Å². The molecule has 0 aromatic heterocycles. The average molecular weight is 250 g/mol. The van der Waals surface area contributed by atoms with E-state index >= 15 is 0 Å². The van der Waals surface area contributed by atoms with Crippen molar-refractivity contribution in [3.8, 4) is 0 Å². The highest BCUT2D eigenvalue weighted by Gasteiger charge is 2.30. The van der Waals surface area contributed by atoms with Crippen molar-refractivity contribution in [2.24, 2.45) is 11.7 Å². The second kappa shape index (κ2) is 6.88. The summed E-state index contributed by atoms with van der Waals surface area (Å²) in [7, 11) is 0. The van der Waals surface area contributed by atoms with E-state index in [-0.39, 0.29) is 0 Å². The molecule has 0 saturated heterocycles. The molecule has 1 aromatic carbocycles. The highest BCUT2D eigenvalue weighted by atomic mass is 16.3. The molecule has 0 aliphatic heterocycles. The minimum absolute atomic E-state index is 0.593. The van der Waals surface area contributed by atoms with Crippen molar-refractivity contribution in [2.45, 2.75) is 45.4 Å². The summed E-state index contributed by atoms with van der Waals surface area (Å²) in [5.41, 5.74) is 6.68. The van der Waals surface area contributed by atoms with E-state index in [0.29, 0.717) is 12.3 Å². The van der Waals surface area contributed by atoms with Crippen molar-refractivity contribution >= 4 is 0 Å². The standard InChI is InChI=1S/C15H26N2O/c1-12(2)9-10-17-15(16,13(3)18)11-14-7-5-4-6-8-14/h4-8,12-13,17-18H,9-11,16H2,1-3H3.